The Bertz CT molecular complexity index is 1230. The summed E-state index contributed by atoms with van der Waals surface area (Å²) in [7, 11) is -3.61. The number of rotatable bonds is 9. The molecule has 158 valence electrons. The fourth-order valence-electron chi connectivity index (χ4n) is 2.88. The van der Waals surface area contributed by atoms with Gasteiger partial charge in [-0.1, -0.05) is 41.6 Å². The molecule has 0 spiro atoms. The van der Waals surface area contributed by atoms with Gasteiger partial charge in [0.05, 0.1) is 12.1 Å². The van der Waals surface area contributed by atoms with Gasteiger partial charge in [-0.15, -0.1) is 0 Å². The van der Waals surface area contributed by atoms with E-state index in [1.165, 1.54) is 0 Å². The predicted octanol–water partition coefficient (Wildman–Crippen LogP) is 3.54. The molecule has 0 aliphatic carbocycles. The molecule has 0 unspecified atom stereocenters. The molecule has 0 aliphatic heterocycles. The third-order valence-electron chi connectivity index (χ3n) is 4.38. The van der Waals surface area contributed by atoms with Gasteiger partial charge >= 0.3 is 0 Å². The summed E-state index contributed by atoms with van der Waals surface area (Å²) in [4.78, 5) is 8.43. The topological polar surface area (TPSA) is 107 Å². The number of nitrogens with one attached hydrogen (secondary N) is 1. The van der Waals surface area contributed by atoms with Crippen molar-refractivity contribution in [3.05, 3.63) is 90.6 Å². The number of anilines is 1. The molecule has 2 aromatic carbocycles. The molecule has 2 heterocycles. The predicted molar refractivity (Wildman–Crippen MR) is 116 cm³/mol. The van der Waals surface area contributed by atoms with Crippen LogP contribution >= 0.6 is 0 Å². The zero-order valence-corrected chi connectivity index (χ0v) is 17.3. The zero-order valence-electron chi connectivity index (χ0n) is 16.5. The molecule has 2 aromatic heterocycles. The van der Waals surface area contributed by atoms with Gasteiger partial charge < -0.3 is 9.26 Å². The summed E-state index contributed by atoms with van der Waals surface area (Å²) in [5, 5.41) is 3.97. The average Bonchev–Trinajstić information content (AvgIpc) is 3.25. The van der Waals surface area contributed by atoms with E-state index >= 15 is 0 Å². The van der Waals surface area contributed by atoms with Crippen LogP contribution in [0.25, 0.3) is 11.4 Å². The maximum Gasteiger partial charge on any atom is 0.236 e. The van der Waals surface area contributed by atoms with Crippen LogP contribution in [0.15, 0.2) is 83.6 Å². The van der Waals surface area contributed by atoms with E-state index in [1.807, 2.05) is 36.4 Å². The highest BCUT2D eigenvalue weighted by Gasteiger charge is 2.16. The number of hydrogen-bond acceptors (Lipinski definition) is 7. The van der Waals surface area contributed by atoms with Crippen molar-refractivity contribution >= 4 is 15.7 Å². The normalized spacial score (nSPS) is 11.2. The Morgan fingerprint density at radius 1 is 0.968 bits per heavy atom. The molecule has 1 N–H and O–H groups in total. The molecule has 4 aromatic rings. The Morgan fingerprint density at radius 2 is 1.77 bits per heavy atom. The lowest BCUT2D eigenvalue weighted by Crippen LogP contribution is -2.22. The van der Waals surface area contributed by atoms with Crippen LogP contribution in [0, 0.1) is 0 Å². The van der Waals surface area contributed by atoms with Gasteiger partial charge in [0.2, 0.25) is 21.7 Å². The highest BCUT2D eigenvalue weighted by atomic mass is 32.2. The van der Waals surface area contributed by atoms with Crippen molar-refractivity contribution in [1.29, 1.82) is 0 Å². The molecule has 9 heteroatoms. The minimum Gasteiger partial charge on any atom is -0.492 e. The highest BCUT2D eigenvalue weighted by molar-refractivity contribution is 7.92. The van der Waals surface area contributed by atoms with Crippen LogP contribution < -0.4 is 9.46 Å². The number of pyridine rings is 1. The first-order chi connectivity index (χ1) is 15.1. The van der Waals surface area contributed by atoms with Gasteiger partial charge in [-0.3, -0.25) is 9.71 Å². The Hall–Kier alpha value is -3.72. The van der Waals surface area contributed by atoms with Crippen LogP contribution in [0.1, 0.15) is 11.5 Å². The summed E-state index contributed by atoms with van der Waals surface area (Å²) < 4.78 is 38.5. The maximum atomic E-state index is 12.5. The molecule has 0 amide bonds. The van der Waals surface area contributed by atoms with Crippen LogP contribution in [0.5, 0.6) is 5.75 Å². The molecule has 4 rings (SSSR count). The fourth-order valence-corrected chi connectivity index (χ4v) is 3.82. The van der Waals surface area contributed by atoms with E-state index in [-0.39, 0.29) is 18.8 Å². The van der Waals surface area contributed by atoms with E-state index in [0.717, 1.165) is 11.1 Å². The van der Waals surface area contributed by atoms with Crippen LogP contribution in [-0.2, 0) is 16.4 Å². The molecule has 0 saturated carbocycles. The number of hydrogen-bond donors (Lipinski definition) is 1. The van der Waals surface area contributed by atoms with Crippen molar-refractivity contribution in [1.82, 2.24) is 15.1 Å². The van der Waals surface area contributed by atoms with Gasteiger partial charge in [0.1, 0.15) is 18.1 Å². The SMILES string of the molecule is O=S(=O)(CCOc1ccccc1)Nc1ccccc1Cc1nc(-c2cccnc2)no1. The quantitative estimate of drug-likeness (QED) is 0.428. The first-order valence-corrected chi connectivity index (χ1v) is 11.2. The first-order valence-electron chi connectivity index (χ1n) is 9.58. The largest absolute Gasteiger partial charge is 0.492 e. The molecule has 0 fully saturated rings. The van der Waals surface area contributed by atoms with Crippen LogP contribution in [0.2, 0.25) is 0 Å². The Balaban J connectivity index is 1.42. The van der Waals surface area contributed by atoms with Gasteiger partial charge in [0, 0.05) is 18.0 Å². The first kappa shape index (κ1) is 20.5. The smallest absolute Gasteiger partial charge is 0.236 e. The second-order valence-corrected chi connectivity index (χ2v) is 8.51. The van der Waals surface area contributed by atoms with Crippen molar-refractivity contribution < 1.29 is 17.7 Å². The van der Waals surface area contributed by atoms with Gasteiger partial charge in [0.25, 0.3) is 0 Å². The molecule has 0 aliphatic rings. The number of ether oxygens (including phenoxy) is 1. The molecule has 31 heavy (non-hydrogen) atoms. The molecule has 0 atom stereocenters. The maximum absolute atomic E-state index is 12.5. The lowest BCUT2D eigenvalue weighted by atomic mass is 10.1. The summed E-state index contributed by atoms with van der Waals surface area (Å²) in [5.74, 6) is 1.25. The van der Waals surface area contributed by atoms with E-state index in [4.69, 9.17) is 9.26 Å². The van der Waals surface area contributed by atoms with E-state index in [2.05, 4.69) is 19.8 Å². The summed E-state index contributed by atoms with van der Waals surface area (Å²) in [6, 6.07) is 19.8. The summed E-state index contributed by atoms with van der Waals surface area (Å²) in [6.07, 6.45) is 3.60. The molecule has 8 nitrogen and oxygen atoms in total. The van der Waals surface area contributed by atoms with E-state index in [1.54, 1.807) is 42.7 Å². The second kappa shape index (κ2) is 9.40. The van der Waals surface area contributed by atoms with Crippen molar-refractivity contribution in [2.24, 2.45) is 0 Å². The number of aromatic nitrogens is 3. The highest BCUT2D eigenvalue weighted by Crippen LogP contribution is 2.21. The van der Waals surface area contributed by atoms with E-state index in [9.17, 15) is 8.42 Å². The fraction of sp³-hybridized carbons (Fsp3) is 0.136. The molecular formula is C22H20N4O4S. The number of benzene rings is 2. The lowest BCUT2D eigenvalue weighted by Gasteiger charge is -2.12. The number of nitrogens with zero attached hydrogens (tertiary/aromatic N) is 3. The molecule has 0 saturated heterocycles. The Kier molecular flexibility index (Phi) is 6.23. The monoisotopic (exact) mass is 436 g/mol. The molecule has 0 radical (unpaired) electrons. The van der Waals surface area contributed by atoms with Gasteiger partial charge in [-0.2, -0.15) is 4.98 Å². The van der Waals surface area contributed by atoms with Crippen LogP contribution in [0.4, 0.5) is 5.69 Å². The second-order valence-electron chi connectivity index (χ2n) is 6.67. The standard InChI is InChI=1S/C22H20N4O4S/c27-31(28,14-13-29-19-9-2-1-3-10-19)26-20-11-5-4-7-17(20)15-21-24-22(25-30-21)18-8-6-12-23-16-18/h1-12,16,26H,13-15H2. The van der Waals surface area contributed by atoms with Crippen molar-refractivity contribution in [3.8, 4) is 17.1 Å². The van der Waals surface area contributed by atoms with Crippen LogP contribution in [-0.4, -0.2) is 35.9 Å². The van der Waals surface area contributed by atoms with Crippen molar-refractivity contribution in [3.63, 3.8) is 0 Å². The summed E-state index contributed by atoms with van der Waals surface area (Å²) in [6.45, 7) is 0.0413. The minimum absolute atomic E-state index is 0.0413. The minimum atomic E-state index is -3.61. The van der Waals surface area contributed by atoms with Gasteiger partial charge in [-0.25, -0.2) is 8.42 Å². The van der Waals surface area contributed by atoms with Crippen LogP contribution in [0.3, 0.4) is 0 Å². The molecule has 0 bridgehead atoms. The summed E-state index contributed by atoms with van der Waals surface area (Å²) in [5.41, 5.74) is 1.92. The van der Waals surface area contributed by atoms with Crippen molar-refractivity contribution in [2.45, 2.75) is 6.42 Å². The van der Waals surface area contributed by atoms with Gasteiger partial charge in [-0.05, 0) is 35.9 Å². The zero-order chi connectivity index (χ0) is 21.5. The van der Waals surface area contributed by atoms with Crippen molar-refractivity contribution in [2.75, 3.05) is 17.1 Å². The third-order valence-corrected chi connectivity index (χ3v) is 5.61. The molecular weight excluding hydrogens is 416 g/mol. The third kappa shape index (κ3) is 5.67. The van der Waals surface area contributed by atoms with Gasteiger partial charge in [0.15, 0.2) is 0 Å². The lowest BCUT2D eigenvalue weighted by molar-refractivity contribution is 0.341. The summed E-state index contributed by atoms with van der Waals surface area (Å²) >= 11 is 0. The average molecular weight is 436 g/mol. The van der Waals surface area contributed by atoms with E-state index < -0.39 is 10.0 Å². The number of sulfonamides is 1. The number of para-hydroxylation sites is 2. The Labute approximate surface area is 180 Å². The Morgan fingerprint density at radius 3 is 2.58 bits per heavy atom. The van der Waals surface area contributed by atoms with E-state index in [0.29, 0.717) is 23.2 Å².